The van der Waals surface area contributed by atoms with Gasteiger partial charge in [0.15, 0.2) is 0 Å². The van der Waals surface area contributed by atoms with E-state index >= 15 is 0 Å². The topological polar surface area (TPSA) is 12.4 Å². The van der Waals surface area contributed by atoms with Gasteiger partial charge >= 0.3 is 61.3 Å². The monoisotopic (exact) mass is 280 g/mol. The average Bonchev–Trinajstić information content (AvgIpc) is 1.67. The summed E-state index contributed by atoms with van der Waals surface area (Å²) in [6.45, 7) is 7.94. The summed E-state index contributed by atoms with van der Waals surface area (Å²) in [5.74, 6) is 0.491. The predicted octanol–water partition coefficient (Wildman–Crippen LogP) is 1.22. The molecule has 0 fully saturated rings. The van der Waals surface area contributed by atoms with Crippen molar-refractivity contribution in [3.8, 4) is 0 Å². The Hall–Kier alpha value is 0.0983. The molecular formula is C6H10NW-. The third-order valence-electron chi connectivity index (χ3n) is 0.885. The maximum atomic E-state index is 4.04. The van der Waals surface area contributed by atoms with Crippen LogP contribution in [0, 0.1) is 12.8 Å². The molecule has 0 saturated carbocycles. The van der Waals surface area contributed by atoms with Gasteiger partial charge in [0, 0.05) is 0 Å². The van der Waals surface area contributed by atoms with Crippen molar-refractivity contribution < 1.29 is 19.4 Å². The summed E-state index contributed by atoms with van der Waals surface area (Å²) in [5.41, 5.74) is 0.972. The van der Waals surface area contributed by atoms with Crippen LogP contribution in [0.3, 0.4) is 0 Å². The summed E-state index contributed by atoms with van der Waals surface area (Å²) in [6, 6.07) is 0. The van der Waals surface area contributed by atoms with Crippen LogP contribution >= 0.6 is 0 Å². The number of hydrogen-bond donors (Lipinski definition) is 0. The molecule has 0 aromatic carbocycles. The Labute approximate surface area is 61.6 Å². The van der Waals surface area contributed by atoms with Crippen molar-refractivity contribution in [2.24, 2.45) is 10.9 Å². The van der Waals surface area contributed by atoms with E-state index in [0.29, 0.717) is 5.92 Å². The van der Waals surface area contributed by atoms with Gasteiger partial charge in [0.05, 0.1) is 0 Å². The van der Waals surface area contributed by atoms with Crippen molar-refractivity contribution in [2.45, 2.75) is 13.8 Å². The number of hydrogen-bond acceptors (Lipinski definition) is 1. The molecule has 0 atom stereocenters. The van der Waals surface area contributed by atoms with Crippen LogP contribution in [0.1, 0.15) is 13.8 Å². The van der Waals surface area contributed by atoms with E-state index in [1.807, 2.05) is 4.52 Å². The van der Waals surface area contributed by atoms with E-state index in [1.54, 1.807) is 0 Å². The first-order chi connectivity index (χ1) is 3.68. The summed E-state index contributed by atoms with van der Waals surface area (Å²) in [6.07, 6.45) is 0. The number of nitrogens with zero attached hydrogens (tertiary/aromatic N) is 1. The van der Waals surface area contributed by atoms with Gasteiger partial charge in [0.25, 0.3) is 0 Å². The minimum absolute atomic E-state index is 0.491. The van der Waals surface area contributed by atoms with Gasteiger partial charge in [-0.1, -0.05) is 0 Å². The van der Waals surface area contributed by atoms with E-state index in [0.717, 1.165) is 5.71 Å². The summed E-state index contributed by atoms with van der Waals surface area (Å²) < 4.78 is 1.85. The van der Waals surface area contributed by atoms with Gasteiger partial charge in [-0.15, -0.1) is 0 Å². The van der Waals surface area contributed by atoms with Crippen molar-refractivity contribution >= 4 is 10.2 Å². The Bertz CT molecular complexity index is 105. The van der Waals surface area contributed by atoms with Crippen LogP contribution in [-0.4, -0.2) is 10.2 Å². The molecular weight excluding hydrogens is 270 g/mol. The second-order valence-corrected chi connectivity index (χ2v) is 2.64. The van der Waals surface area contributed by atoms with E-state index in [-0.39, 0.29) is 0 Å². The molecule has 0 N–H and O–H groups in total. The molecule has 0 aromatic heterocycles. The summed E-state index contributed by atoms with van der Waals surface area (Å²) in [5, 5.41) is 0. The number of aliphatic imine (C=N–C) groups is 1. The first-order valence-corrected chi connectivity index (χ1v) is 4.21. The molecule has 46 valence electrons. The van der Waals surface area contributed by atoms with Gasteiger partial charge in [0.2, 0.25) is 0 Å². The Kier molecular flexibility index (Phi) is 4.07. The molecule has 0 heterocycles. The Morgan fingerprint density at radius 3 is 2.38 bits per heavy atom. The van der Waals surface area contributed by atoms with Crippen molar-refractivity contribution in [3.63, 3.8) is 0 Å². The first kappa shape index (κ1) is 8.10. The van der Waals surface area contributed by atoms with Crippen LogP contribution in [0.15, 0.2) is 4.99 Å². The molecule has 1 nitrogen and oxygen atoms in total. The van der Waals surface area contributed by atoms with Crippen molar-refractivity contribution in [1.29, 1.82) is 0 Å². The SMILES string of the molecule is [CH2-]C(=N[CH]=[W])C(C)C. The molecule has 0 rings (SSSR count). The molecule has 0 aromatic rings. The van der Waals surface area contributed by atoms with Crippen LogP contribution in [-0.2, 0) is 19.4 Å². The van der Waals surface area contributed by atoms with Crippen LogP contribution in [0.5, 0.6) is 0 Å². The zero-order valence-corrected chi connectivity index (χ0v) is 8.15. The quantitative estimate of drug-likeness (QED) is 0.533. The fourth-order valence-electron chi connectivity index (χ4n) is 0.217. The van der Waals surface area contributed by atoms with Gasteiger partial charge < -0.3 is 0 Å². The Morgan fingerprint density at radius 2 is 2.25 bits per heavy atom. The molecule has 2 heteroatoms. The normalized spacial score (nSPS) is 12.1. The minimum atomic E-state index is 0.491. The fraction of sp³-hybridized carbons (Fsp3) is 0.500. The van der Waals surface area contributed by atoms with Gasteiger partial charge in [0.1, 0.15) is 0 Å². The third-order valence-corrected chi connectivity index (χ3v) is 1.26. The summed E-state index contributed by atoms with van der Waals surface area (Å²) in [4.78, 5) is 4.04. The first-order valence-electron chi connectivity index (χ1n) is 2.51. The Balaban J connectivity index is 3.78. The maximum absolute atomic E-state index is 4.04. The molecule has 0 aliphatic carbocycles. The molecule has 0 aliphatic heterocycles. The van der Waals surface area contributed by atoms with E-state index in [1.165, 1.54) is 19.4 Å². The molecule has 0 aliphatic rings. The second-order valence-electron chi connectivity index (χ2n) is 1.88. The van der Waals surface area contributed by atoms with Gasteiger partial charge in [-0.05, 0) is 0 Å². The van der Waals surface area contributed by atoms with Crippen LogP contribution in [0.4, 0.5) is 0 Å². The standard InChI is InChI=1S/C6H10N.W/c1-5(2)6(3)7-4;/h4-5H,3H2,1-2H3;/q-1;. The van der Waals surface area contributed by atoms with E-state index in [2.05, 4.69) is 25.8 Å². The predicted molar refractivity (Wildman–Crippen MR) is 33.7 cm³/mol. The third kappa shape index (κ3) is 3.15. The molecule has 0 bridgehead atoms. The van der Waals surface area contributed by atoms with Crippen molar-refractivity contribution in [2.75, 3.05) is 0 Å². The molecule has 8 heavy (non-hydrogen) atoms. The Morgan fingerprint density at radius 1 is 1.75 bits per heavy atom. The van der Waals surface area contributed by atoms with E-state index in [9.17, 15) is 0 Å². The summed E-state index contributed by atoms with van der Waals surface area (Å²) in [7, 11) is 0. The van der Waals surface area contributed by atoms with E-state index < -0.39 is 0 Å². The van der Waals surface area contributed by atoms with Gasteiger partial charge in [-0.2, -0.15) is 0 Å². The van der Waals surface area contributed by atoms with Crippen molar-refractivity contribution in [3.05, 3.63) is 6.92 Å². The van der Waals surface area contributed by atoms with E-state index in [4.69, 9.17) is 0 Å². The zero-order valence-electron chi connectivity index (χ0n) is 5.22. The van der Waals surface area contributed by atoms with Crippen LogP contribution in [0.2, 0.25) is 0 Å². The molecule has 0 amide bonds. The van der Waals surface area contributed by atoms with Crippen LogP contribution < -0.4 is 0 Å². The molecule has 0 saturated heterocycles. The van der Waals surface area contributed by atoms with Crippen molar-refractivity contribution in [1.82, 2.24) is 0 Å². The second kappa shape index (κ2) is 4.03. The average molecular weight is 280 g/mol. The fourth-order valence-corrected chi connectivity index (χ4v) is 0.703. The number of rotatable bonds is 2. The van der Waals surface area contributed by atoms with Gasteiger partial charge in [-0.3, -0.25) is 0 Å². The zero-order chi connectivity index (χ0) is 6.57. The molecule has 0 spiro atoms. The molecule has 0 unspecified atom stereocenters. The summed E-state index contributed by atoms with van der Waals surface area (Å²) >= 11 is 1.38. The van der Waals surface area contributed by atoms with Gasteiger partial charge in [-0.25, -0.2) is 0 Å². The molecule has 0 radical (unpaired) electrons. The van der Waals surface area contributed by atoms with Crippen LogP contribution in [0.25, 0.3) is 0 Å².